The van der Waals surface area contributed by atoms with Crippen molar-refractivity contribution in [2.24, 2.45) is 11.7 Å². The van der Waals surface area contributed by atoms with Crippen LogP contribution in [0.15, 0.2) is 0 Å². The largest absolute Gasteiger partial charge is 0.377 e. The molecule has 0 bridgehead atoms. The van der Waals surface area contributed by atoms with Crippen LogP contribution in [0, 0.1) is 5.92 Å². The second kappa shape index (κ2) is 7.34. The SMILES string of the molecule is CCC(C)CC(CC)(CN)NCC1CCCO1. The van der Waals surface area contributed by atoms with Crippen molar-refractivity contribution in [3.05, 3.63) is 0 Å². The lowest BCUT2D eigenvalue weighted by Gasteiger charge is -2.36. The molecule has 0 aromatic carbocycles. The molecule has 0 saturated carbocycles. The first-order valence-electron chi connectivity index (χ1n) is 7.22. The van der Waals surface area contributed by atoms with Crippen LogP contribution in [0.2, 0.25) is 0 Å². The second-order valence-corrected chi connectivity index (χ2v) is 5.57. The number of hydrogen-bond acceptors (Lipinski definition) is 3. The third-order valence-electron chi connectivity index (χ3n) is 4.23. The van der Waals surface area contributed by atoms with E-state index in [-0.39, 0.29) is 5.54 Å². The zero-order valence-electron chi connectivity index (χ0n) is 11.8. The zero-order chi connectivity index (χ0) is 12.7. The molecular formula is C14H30N2O. The van der Waals surface area contributed by atoms with Crippen LogP contribution in [-0.4, -0.2) is 31.3 Å². The quantitative estimate of drug-likeness (QED) is 0.686. The average molecular weight is 242 g/mol. The minimum atomic E-state index is 0.112. The summed E-state index contributed by atoms with van der Waals surface area (Å²) >= 11 is 0. The van der Waals surface area contributed by atoms with Crippen molar-refractivity contribution >= 4 is 0 Å². The maximum absolute atomic E-state index is 6.00. The van der Waals surface area contributed by atoms with Gasteiger partial charge in [-0.2, -0.15) is 0 Å². The molecular weight excluding hydrogens is 212 g/mol. The summed E-state index contributed by atoms with van der Waals surface area (Å²) in [7, 11) is 0. The van der Waals surface area contributed by atoms with E-state index in [1.165, 1.54) is 25.7 Å². The fourth-order valence-electron chi connectivity index (χ4n) is 2.59. The van der Waals surface area contributed by atoms with Gasteiger partial charge in [-0.25, -0.2) is 0 Å². The number of hydrogen-bond donors (Lipinski definition) is 2. The van der Waals surface area contributed by atoms with Crippen molar-refractivity contribution in [2.75, 3.05) is 19.7 Å². The normalized spacial score (nSPS) is 25.8. The van der Waals surface area contributed by atoms with Crippen LogP contribution in [-0.2, 0) is 4.74 Å². The van der Waals surface area contributed by atoms with Gasteiger partial charge >= 0.3 is 0 Å². The Labute approximate surface area is 106 Å². The Morgan fingerprint density at radius 1 is 1.47 bits per heavy atom. The molecule has 3 heteroatoms. The molecule has 0 spiro atoms. The summed E-state index contributed by atoms with van der Waals surface area (Å²) in [6, 6.07) is 0. The molecule has 102 valence electrons. The van der Waals surface area contributed by atoms with Crippen LogP contribution in [0.25, 0.3) is 0 Å². The Morgan fingerprint density at radius 3 is 2.71 bits per heavy atom. The molecule has 1 saturated heterocycles. The highest BCUT2D eigenvalue weighted by Crippen LogP contribution is 2.22. The van der Waals surface area contributed by atoms with Crippen LogP contribution in [0.5, 0.6) is 0 Å². The lowest BCUT2D eigenvalue weighted by atomic mass is 9.84. The lowest BCUT2D eigenvalue weighted by Crippen LogP contribution is -2.53. The van der Waals surface area contributed by atoms with Crippen molar-refractivity contribution in [2.45, 2.75) is 64.5 Å². The molecule has 3 unspecified atom stereocenters. The van der Waals surface area contributed by atoms with Gasteiger partial charge in [-0.3, -0.25) is 0 Å². The van der Waals surface area contributed by atoms with E-state index < -0.39 is 0 Å². The Bertz CT molecular complexity index is 198. The van der Waals surface area contributed by atoms with Gasteiger partial charge in [0, 0.05) is 25.2 Å². The number of nitrogens with one attached hydrogen (secondary N) is 1. The van der Waals surface area contributed by atoms with Crippen LogP contribution in [0.4, 0.5) is 0 Å². The molecule has 1 heterocycles. The molecule has 0 radical (unpaired) electrons. The third-order valence-corrected chi connectivity index (χ3v) is 4.23. The van der Waals surface area contributed by atoms with Gasteiger partial charge in [0.2, 0.25) is 0 Å². The third kappa shape index (κ3) is 4.57. The molecule has 17 heavy (non-hydrogen) atoms. The standard InChI is InChI=1S/C14H30N2O/c1-4-12(3)9-14(5-2,11-15)16-10-13-7-6-8-17-13/h12-13,16H,4-11,15H2,1-3H3. The van der Waals surface area contributed by atoms with Gasteiger partial charge in [0.05, 0.1) is 6.10 Å². The van der Waals surface area contributed by atoms with E-state index >= 15 is 0 Å². The van der Waals surface area contributed by atoms with Gasteiger partial charge < -0.3 is 15.8 Å². The summed E-state index contributed by atoms with van der Waals surface area (Å²) < 4.78 is 5.67. The van der Waals surface area contributed by atoms with Crippen LogP contribution >= 0.6 is 0 Å². The highest BCUT2D eigenvalue weighted by Gasteiger charge is 2.29. The second-order valence-electron chi connectivity index (χ2n) is 5.57. The van der Waals surface area contributed by atoms with Gasteiger partial charge in [0.1, 0.15) is 0 Å². The van der Waals surface area contributed by atoms with Gasteiger partial charge in [-0.15, -0.1) is 0 Å². The first-order chi connectivity index (χ1) is 8.15. The lowest BCUT2D eigenvalue weighted by molar-refractivity contribution is 0.0970. The topological polar surface area (TPSA) is 47.3 Å². The van der Waals surface area contributed by atoms with Gasteiger partial charge in [0.15, 0.2) is 0 Å². The van der Waals surface area contributed by atoms with Crippen LogP contribution in [0.1, 0.15) is 52.9 Å². The molecule has 1 rings (SSSR count). The fraction of sp³-hybridized carbons (Fsp3) is 1.00. The highest BCUT2D eigenvalue weighted by atomic mass is 16.5. The zero-order valence-corrected chi connectivity index (χ0v) is 11.8. The van der Waals surface area contributed by atoms with Gasteiger partial charge in [0.25, 0.3) is 0 Å². The van der Waals surface area contributed by atoms with E-state index in [0.29, 0.717) is 6.10 Å². The maximum atomic E-state index is 6.00. The smallest absolute Gasteiger partial charge is 0.0700 e. The van der Waals surface area contributed by atoms with Crippen LogP contribution in [0.3, 0.4) is 0 Å². The Hall–Kier alpha value is -0.120. The average Bonchev–Trinajstić information content (AvgIpc) is 2.87. The number of rotatable bonds is 8. The van der Waals surface area contributed by atoms with E-state index in [9.17, 15) is 0 Å². The van der Waals surface area contributed by atoms with Crippen molar-refractivity contribution in [1.82, 2.24) is 5.32 Å². The fourth-order valence-corrected chi connectivity index (χ4v) is 2.59. The molecule has 1 fully saturated rings. The highest BCUT2D eigenvalue weighted by molar-refractivity contribution is 4.90. The predicted molar refractivity (Wildman–Crippen MR) is 73.1 cm³/mol. The number of ether oxygens (including phenoxy) is 1. The van der Waals surface area contributed by atoms with E-state index in [1.54, 1.807) is 0 Å². The Morgan fingerprint density at radius 2 is 2.24 bits per heavy atom. The minimum absolute atomic E-state index is 0.112. The summed E-state index contributed by atoms with van der Waals surface area (Å²) in [4.78, 5) is 0. The van der Waals surface area contributed by atoms with Crippen molar-refractivity contribution in [3.63, 3.8) is 0 Å². The van der Waals surface area contributed by atoms with E-state index in [0.717, 1.165) is 32.0 Å². The predicted octanol–water partition coefficient (Wildman–Crippen LogP) is 2.30. The van der Waals surface area contributed by atoms with Gasteiger partial charge in [-0.05, 0) is 31.6 Å². The molecule has 0 amide bonds. The van der Waals surface area contributed by atoms with E-state index in [2.05, 4.69) is 26.1 Å². The Kier molecular flexibility index (Phi) is 6.45. The first-order valence-corrected chi connectivity index (χ1v) is 7.22. The molecule has 0 aromatic rings. The molecule has 0 aliphatic carbocycles. The summed E-state index contributed by atoms with van der Waals surface area (Å²) in [6.07, 6.45) is 6.30. The molecule has 3 nitrogen and oxygen atoms in total. The van der Waals surface area contributed by atoms with Crippen LogP contribution < -0.4 is 11.1 Å². The Balaban J connectivity index is 2.44. The monoisotopic (exact) mass is 242 g/mol. The summed E-state index contributed by atoms with van der Waals surface area (Å²) in [5, 5.41) is 3.69. The van der Waals surface area contributed by atoms with Crippen molar-refractivity contribution in [1.29, 1.82) is 0 Å². The first kappa shape index (κ1) is 14.9. The molecule has 0 aromatic heterocycles. The molecule has 1 aliphatic heterocycles. The molecule has 1 aliphatic rings. The summed E-state index contributed by atoms with van der Waals surface area (Å²) in [6.45, 7) is 9.41. The van der Waals surface area contributed by atoms with Crippen molar-refractivity contribution in [3.8, 4) is 0 Å². The van der Waals surface area contributed by atoms with E-state index in [1.807, 2.05) is 0 Å². The minimum Gasteiger partial charge on any atom is -0.377 e. The maximum Gasteiger partial charge on any atom is 0.0700 e. The van der Waals surface area contributed by atoms with Gasteiger partial charge in [-0.1, -0.05) is 27.2 Å². The molecule has 3 N–H and O–H groups in total. The van der Waals surface area contributed by atoms with Crippen molar-refractivity contribution < 1.29 is 4.74 Å². The van der Waals surface area contributed by atoms with E-state index in [4.69, 9.17) is 10.5 Å². The summed E-state index contributed by atoms with van der Waals surface area (Å²) in [5.74, 6) is 0.732. The summed E-state index contributed by atoms with van der Waals surface area (Å²) in [5.41, 5.74) is 6.12. The number of nitrogens with two attached hydrogens (primary N) is 1. The molecule has 3 atom stereocenters.